The maximum atomic E-state index is 12.3. The minimum Gasteiger partial charge on any atom is -0.480 e. The highest BCUT2D eigenvalue weighted by molar-refractivity contribution is 5.81. The number of piperazine rings is 1. The number of aliphatic carboxylic acids is 1. The summed E-state index contributed by atoms with van der Waals surface area (Å²) in [5.41, 5.74) is 5.58. The lowest BCUT2D eigenvalue weighted by atomic mass is 9.86. The molecule has 1 atom stereocenters. The number of carboxylic acids is 1. The van der Waals surface area contributed by atoms with E-state index in [1.54, 1.807) is 12.3 Å². The van der Waals surface area contributed by atoms with Crippen molar-refractivity contribution in [3.8, 4) is 0 Å². The lowest BCUT2D eigenvalue weighted by Gasteiger charge is -2.49. The van der Waals surface area contributed by atoms with E-state index in [4.69, 9.17) is 10.8 Å². The van der Waals surface area contributed by atoms with Gasteiger partial charge in [-0.15, -0.1) is 0 Å². The Kier molecular flexibility index (Phi) is 4.76. The third-order valence-electron chi connectivity index (χ3n) is 5.28. The normalized spacial score (nSPS) is 25.2. The highest BCUT2D eigenvalue weighted by Gasteiger charge is 2.43. The number of anilines is 2. The largest absolute Gasteiger partial charge is 0.480 e. The number of hydrogen-bond acceptors (Lipinski definition) is 7. The van der Waals surface area contributed by atoms with Gasteiger partial charge in [0, 0.05) is 44.3 Å². The van der Waals surface area contributed by atoms with Crippen LogP contribution in [0.25, 0.3) is 0 Å². The lowest BCUT2D eigenvalue weighted by Crippen LogP contribution is -2.61. The van der Waals surface area contributed by atoms with Gasteiger partial charge >= 0.3 is 5.97 Å². The van der Waals surface area contributed by atoms with Crippen molar-refractivity contribution in [2.45, 2.75) is 24.8 Å². The average molecular weight is 348 g/mol. The summed E-state index contributed by atoms with van der Waals surface area (Å²) in [7, 11) is 2.06. The van der Waals surface area contributed by atoms with Crippen molar-refractivity contribution in [2.24, 2.45) is 0 Å². The maximum absolute atomic E-state index is 12.3. The number of hydrogen-bond donors (Lipinski definition) is 2. The number of aromatic nitrogens is 2. The molecular weight excluding hydrogens is 324 g/mol. The van der Waals surface area contributed by atoms with Crippen LogP contribution in [0.3, 0.4) is 0 Å². The number of likely N-dealkylation sites (N-methyl/N-ethyl adjacent to an activating group) is 1. The average Bonchev–Trinajstić information content (AvgIpc) is 2.72. The minimum atomic E-state index is -0.976. The Hall–Kier alpha value is -2.42. The molecular formula is C16H24N6O3. The number of likely N-dealkylation sites (tertiary alicyclic amines) is 1. The third-order valence-corrected chi connectivity index (χ3v) is 5.28. The molecule has 2 aliphatic heterocycles. The van der Waals surface area contributed by atoms with Crippen molar-refractivity contribution in [3.05, 3.63) is 12.3 Å². The first-order chi connectivity index (χ1) is 11.9. The first-order valence-electron chi connectivity index (χ1n) is 8.44. The van der Waals surface area contributed by atoms with Gasteiger partial charge in [0.1, 0.15) is 12.4 Å². The fourth-order valence-electron chi connectivity index (χ4n) is 3.71. The summed E-state index contributed by atoms with van der Waals surface area (Å²) in [6, 6.07) is 1.66. The lowest BCUT2D eigenvalue weighted by molar-refractivity contribution is -0.144. The van der Waals surface area contributed by atoms with Crippen molar-refractivity contribution in [1.29, 1.82) is 0 Å². The SMILES string of the molecule is CN1CCN(c2nccc(N)n2)CC12CCC(=O)N(CC(=O)O)CC2. The Bertz CT molecular complexity index is 669. The molecule has 0 bridgehead atoms. The van der Waals surface area contributed by atoms with Crippen LogP contribution in [0.2, 0.25) is 0 Å². The summed E-state index contributed by atoms with van der Waals surface area (Å²) in [5.74, 6) is -0.0341. The van der Waals surface area contributed by atoms with Crippen LogP contribution in [0.1, 0.15) is 19.3 Å². The van der Waals surface area contributed by atoms with Crippen molar-refractivity contribution < 1.29 is 14.7 Å². The van der Waals surface area contributed by atoms with Crippen LogP contribution >= 0.6 is 0 Å². The van der Waals surface area contributed by atoms with Gasteiger partial charge in [0.25, 0.3) is 0 Å². The Labute approximate surface area is 146 Å². The van der Waals surface area contributed by atoms with E-state index in [-0.39, 0.29) is 18.0 Å². The Balaban J connectivity index is 1.79. The van der Waals surface area contributed by atoms with E-state index >= 15 is 0 Å². The van der Waals surface area contributed by atoms with Crippen molar-refractivity contribution in [2.75, 3.05) is 50.4 Å². The third kappa shape index (κ3) is 3.65. The highest BCUT2D eigenvalue weighted by Crippen LogP contribution is 2.33. The maximum Gasteiger partial charge on any atom is 0.323 e. The van der Waals surface area contributed by atoms with E-state index < -0.39 is 5.97 Å². The second-order valence-corrected chi connectivity index (χ2v) is 6.81. The quantitative estimate of drug-likeness (QED) is 0.761. The Morgan fingerprint density at radius 1 is 1.36 bits per heavy atom. The van der Waals surface area contributed by atoms with E-state index in [1.807, 2.05) is 0 Å². The summed E-state index contributed by atoms with van der Waals surface area (Å²) in [4.78, 5) is 37.7. The number of nitrogens with two attached hydrogens (primary N) is 1. The zero-order chi connectivity index (χ0) is 18.0. The van der Waals surface area contributed by atoms with Gasteiger partial charge in [-0.2, -0.15) is 4.98 Å². The number of rotatable bonds is 3. The number of nitrogen functional groups attached to an aromatic ring is 1. The van der Waals surface area contributed by atoms with Gasteiger partial charge in [0.2, 0.25) is 11.9 Å². The summed E-state index contributed by atoms with van der Waals surface area (Å²) >= 11 is 0. The molecule has 1 unspecified atom stereocenters. The molecule has 25 heavy (non-hydrogen) atoms. The molecule has 1 spiro atoms. The van der Waals surface area contributed by atoms with Crippen LogP contribution < -0.4 is 10.6 Å². The van der Waals surface area contributed by atoms with Crippen molar-refractivity contribution in [1.82, 2.24) is 19.8 Å². The summed E-state index contributed by atoms with van der Waals surface area (Å²) in [5, 5.41) is 9.00. The number of nitrogens with zero attached hydrogens (tertiary/aromatic N) is 5. The summed E-state index contributed by atoms with van der Waals surface area (Å²) in [6.07, 6.45) is 3.41. The molecule has 0 aromatic carbocycles. The van der Waals surface area contributed by atoms with E-state index in [0.717, 1.165) is 19.5 Å². The van der Waals surface area contributed by atoms with Gasteiger partial charge in [0.05, 0.1) is 0 Å². The van der Waals surface area contributed by atoms with Crippen LogP contribution in [0.15, 0.2) is 12.3 Å². The van der Waals surface area contributed by atoms with Crippen LogP contribution in [0.5, 0.6) is 0 Å². The molecule has 0 saturated carbocycles. The zero-order valence-corrected chi connectivity index (χ0v) is 14.4. The van der Waals surface area contributed by atoms with E-state index in [1.165, 1.54) is 4.90 Å². The van der Waals surface area contributed by atoms with E-state index in [0.29, 0.717) is 37.7 Å². The van der Waals surface area contributed by atoms with Crippen LogP contribution in [0.4, 0.5) is 11.8 Å². The fourth-order valence-corrected chi connectivity index (χ4v) is 3.71. The summed E-state index contributed by atoms with van der Waals surface area (Å²) < 4.78 is 0. The first kappa shape index (κ1) is 17.4. The minimum absolute atomic E-state index is 0.0926. The second-order valence-electron chi connectivity index (χ2n) is 6.81. The predicted octanol–water partition coefficient (Wildman–Crippen LogP) is -0.353. The molecule has 9 heteroatoms. The molecule has 2 fully saturated rings. The van der Waals surface area contributed by atoms with Gasteiger partial charge < -0.3 is 20.6 Å². The molecule has 0 aliphatic carbocycles. The Morgan fingerprint density at radius 3 is 2.88 bits per heavy atom. The molecule has 3 N–H and O–H groups in total. The predicted molar refractivity (Wildman–Crippen MR) is 92.1 cm³/mol. The van der Waals surface area contributed by atoms with Crippen LogP contribution in [-0.4, -0.2) is 82.1 Å². The van der Waals surface area contributed by atoms with Crippen molar-refractivity contribution in [3.63, 3.8) is 0 Å². The zero-order valence-electron chi connectivity index (χ0n) is 14.4. The van der Waals surface area contributed by atoms with Crippen LogP contribution in [0, 0.1) is 0 Å². The molecule has 3 rings (SSSR count). The van der Waals surface area contributed by atoms with Crippen molar-refractivity contribution >= 4 is 23.6 Å². The Morgan fingerprint density at radius 2 is 2.16 bits per heavy atom. The van der Waals surface area contributed by atoms with E-state index in [2.05, 4.69) is 26.8 Å². The molecule has 2 aliphatic rings. The number of amides is 1. The standard InChI is InChI=1S/C16H24N6O3/c1-20-8-9-22(15-18-6-3-12(17)19-15)11-16(20)4-2-13(23)21(7-5-16)10-14(24)25/h3,6H,2,4-5,7-11H2,1H3,(H,24,25)(H2,17,18,19). The molecule has 1 aromatic heterocycles. The molecule has 9 nitrogen and oxygen atoms in total. The van der Waals surface area contributed by atoms with Gasteiger partial charge in [-0.05, 0) is 26.0 Å². The van der Waals surface area contributed by atoms with Gasteiger partial charge in [0.15, 0.2) is 0 Å². The number of carbonyl (C=O) groups is 2. The van der Waals surface area contributed by atoms with Crippen LogP contribution in [-0.2, 0) is 9.59 Å². The first-order valence-corrected chi connectivity index (χ1v) is 8.44. The molecule has 0 radical (unpaired) electrons. The summed E-state index contributed by atoms with van der Waals surface area (Å²) in [6.45, 7) is 2.52. The molecule has 1 aromatic rings. The smallest absolute Gasteiger partial charge is 0.323 e. The van der Waals surface area contributed by atoms with Gasteiger partial charge in [-0.1, -0.05) is 0 Å². The number of carboxylic acid groups (broad SMARTS) is 1. The highest BCUT2D eigenvalue weighted by atomic mass is 16.4. The molecule has 3 heterocycles. The van der Waals surface area contributed by atoms with E-state index in [9.17, 15) is 9.59 Å². The molecule has 136 valence electrons. The number of carbonyl (C=O) groups excluding carboxylic acids is 1. The monoisotopic (exact) mass is 348 g/mol. The topological polar surface area (TPSA) is 116 Å². The molecule has 1 amide bonds. The van der Waals surface area contributed by atoms with Gasteiger partial charge in [-0.3, -0.25) is 14.5 Å². The molecule has 2 saturated heterocycles. The van der Waals surface area contributed by atoms with Gasteiger partial charge in [-0.25, -0.2) is 4.98 Å². The second kappa shape index (κ2) is 6.83. The fraction of sp³-hybridized carbons (Fsp3) is 0.625.